The van der Waals surface area contributed by atoms with E-state index in [4.69, 9.17) is 5.14 Å². The highest BCUT2D eigenvalue weighted by atomic mass is 32.2. The highest BCUT2D eigenvalue weighted by molar-refractivity contribution is 7.89. The van der Waals surface area contributed by atoms with E-state index in [0.717, 1.165) is 34.3 Å². The zero-order valence-corrected chi connectivity index (χ0v) is 20.0. The van der Waals surface area contributed by atoms with Gasteiger partial charge in [-0.2, -0.15) is 4.68 Å². The largest absolute Gasteiger partial charge is 0.292 e. The topological polar surface area (TPSA) is 123 Å². The van der Waals surface area contributed by atoms with Crippen LogP contribution in [0.25, 0.3) is 15.3 Å². The van der Waals surface area contributed by atoms with Gasteiger partial charge in [0.2, 0.25) is 15.2 Å². The molecule has 2 heterocycles. The van der Waals surface area contributed by atoms with Crippen molar-refractivity contribution in [2.24, 2.45) is 10.1 Å². The van der Waals surface area contributed by atoms with E-state index in [9.17, 15) is 13.2 Å². The van der Waals surface area contributed by atoms with Gasteiger partial charge in [-0.15, -0.1) is 0 Å². The van der Waals surface area contributed by atoms with Gasteiger partial charge in [0.05, 0.1) is 20.7 Å². The zero-order chi connectivity index (χ0) is 23.6. The molecule has 0 fully saturated rings. The number of aliphatic imine (C=N–C) groups is 1. The van der Waals surface area contributed by atoms with E-state index in [2.05, 4.69) is 22.0 Å². The molecular weight excluding hydrogens is 458 g/mol. The average molecular weight is 484 g/mol. The van der Waals surface area contributed by atoms with Crippen molar-refractivity contribution in [2.45, 2.75) is 38.0 Å². The average Bonchev–Trinajstić information content (AvgIpc) is 3.34. The van der Waals surface area contributed by atoms with E-state index in [1.54, 1.807) is 12.1 Å². The number of rotatable bonds is 8. The lowest BCUT2D eigenvalue weighted by atomic mass is 10.1. The standard InChI is InChI=1S/C23H25N5O3S2/c1-3-6-19-21(15(2)25-14-13-16-9-11-17(12-10-16)33(24,30)31)22(29)28(27-19)23-26-18-7-4-5-8-20(18)32-23/h4-5,7-12,27H,3,6,13-14H2,1-2H3,(H2,24,30,31). The quantitative estimate of drug-likeness (QED) is 0.373. The SMILES string of the molecule is CCCc1[nH]n(-c2nc3ccccc3s2)c(=O)c1C(C)=NCCc1ccc(S(N)(=O)=O)cc1. The molecule has 0 radical (unpaired) electrons. The third kappa shape index (κ3) is 4.97. The van der Waals surface area contributed by atoms with Gasteiger partial charge < -0.3 is 0 Å². The summed E-state index contributed by atoms with van der Waals surface area (Å²) in [5.41, 5.74) is 3.74. The van der Waals surface area contributed by atoms with Gasteiger partial charge in [0, 0.05) is 18.0 Å². The predicted octanol–water partition coefficient (Wildman–Crippen LogP) is 3.43. The summed E-state index contributed by atoms with van der Waals surface area (Å²) in [7, 11) is -3.71. The number of thiazole rings is 1. The summed E-state index contributed by atoms with van der Waals surface area (Å²) in [6.45, 7) is 4.38. The molecule has 0 amide bonds. The van der Waals surface area contributed by atoms with Crippen molar-refractivity contribution in [3.63, 3.8) is 0 Å². The van der Waals surface area contributed by atoms with Crippen LogP contribution in [0.5, 0.6) is 0 Å². The monoisotopic (exact) mass is 483 g/mol. The van der Waals surface area contributed by atoms with Crippen LogP contribution in [0.2, 0.25) is 0 Å². The van der Waals surface area contributed by atoms with Crippen LogP contribution in [0.3, 0.4) is 0 Å². The Labute approximate surface area is 195 Å². The fraction of sp³-hybridized carbons (Fsp3) is 0.261. The molecule has 172 valence electrons. The molecule has 10 heteroatoms. The van der Waals surface area contributed by atoms with Gasteiger partial charge in [0.15, 0.2) is 0 Å². The summed E-state index contributed by atoms with van der Waals surface area (Å²) in [4.78, 5) is 22.6. The normalized spacial score (nSPS) is 12.5. The smallest absolute Gasteiger partial charge is 0.282 e. The number of aromatic amines is 1. The van der Waals surface area contributed by atoms with Crippen LogP contribution in [-0.4, -0.2) is 35.4 Å². The number of hydrogen-bond donors (Lipinski definition) is 2. The van der Waals surface area contributed by atoms with Crippen molar-refractivity contribution in [3.05, 3.63) is 75.7 Å². The highest BCUT2D eigenvalue weighted by Crippen LogP contribution is 2.24. The number of hydrogen-bond acceptors (Lipinski definition) is 6. The predicted molar refractivity (Wildman–Crippen MR) is 132 cm³/mol. The summed E-state index contributed by atoms with van der Waals surface area (Å²) in [5.74, 6) is 0. The third-order valence-electron chi connectivity index (χ3n) is 5.30. The fourth-order valence-corrected chi connectivity index (χ4v) is 5.10. The van der Waals surface area contributed by atoms with E-state index in [1.807, 2.05) is 31.2 Å². The minimum atomic E-state index is -3.71. The van der Waals surface area contributed by atoms with E-state index < -0.39 is 10.0 Å². The Morgan fingerprint density at radius 1 is 1.15 bits per heavy atom. The number of aryl methyl sites for hydroxylation is 1. The molecule has 0 atom stereocenters. The number of nitrogens with one attached hydrogen (secondary N) is 1. The molecular formula is C23H25N5O3S2. The highest BCUT2D eigenvalue weighted by Gasteiger charge is 2.19. The maximum absolute atomic E-state index is 13.3. The molecule has 0 unspecified atom stereocenters. The van der Waals surface area contributed by atoms with Crippen molar-refractivity contribution >= 4 is 37.3 Å². The van der Waals surface area contributed by atoms with Gasteiger partial charge >= 0.3 is 0 Å². The molecule has 33 heavy (non-hydrogen) atoms. The van der Waals surface area contributed by atoms with Crippen LogP contribution in [0.1, 0.15) is 37.1 Å². The lowest BCUT2D eigenvalue weighted by Crippen LogP contribution is -2.20. The molecule has 8 nitrogen and oxygen atoms in total. The first-order valence-corrected chi connectivity index (χ1v) is 13.0. The number of primary sulfonamides is 1. The first kappa shape index (κ1) is 23.1. The number of nitrogens with zero attached hydrogens (tertiary/aromatic N) is 3. The van der Waals surface area contributed by atoms with Crippen molar-refractivity contribution in [1.82, 2.24) is 14.8 Å². The van der Waals surface area contributed by atoms with Gasteiger partial charge in [0.25, 0.3) is 5.56 Å². The summed E-state index contributed by atoms with van der Waals surface area (Å²) >= 11 is 1.46. The van der Waals surface area contributed by atoms with Gasteiger partial charge in [-0.05, 0) is 49.6 Å². The van der Waals surface area contributed by atoms with Crippen molar-refractivity contribution in [1.29, 1.82) is 0 Å². The molecule has 0 aliphatic carbocycles. The molecule has 0 aliphatic heterocycles. The van der Waals surface area contributed by atoms with Crippen LogP contribution in [0.15, 0.2) is 63.2 Å². The van der Waals surface area contributed by atoms with Gasteiger partial charge in [-0.25, -0.2) is 18.5 Å². The Morgan fingerprint density at radius 3 is 2.55 bits per heavy atom. The molecule has 4 rings (SSSR count). The van der Waals surface area contributed by atoms with Crippen molar-refractivity contribution in [3.8, 4) is 5.13 Å². The second-order valence-corrected chi connectivity index (χ2v) is 10.3. The Hall–Kier alpha value is -3.08. The minimum Gasteiger partial charge on any atom is -0.292 e. The Kier molecular flexibility index (Phi) is 6.59. The minimum absolute atomic E-state index is 0.0814. The summed E-state index contributed by atoms with van der Waals surface area (Å²) in [6.07, 6.45) is 2.22. The van der Waals surface area contributed by atoms with Crippen molar-refractivity contribution < 1.29 is 8.42 Å². The fourth-order valence-electron chi connectivity index (χ4n) is 3.65. The van der Waals surface area contributed by atoms with E-state index in [-0.39, 0.29) is 10.5 Å². The molecule has 2 aromatic carbocycles. The number of benzene rings is 2. The number of sulfonamides is 1. The molecule has 0 bridgehead atoms. The van der Waals surface area contributed by atoms with E-state index >= 15 is 0 Å². The van der Waals surface area contributed by atoms with E-state index in [0.29, 0.717) is 29.4 Å². The van der Waals surface area contributed by atoms with Crippen LogP contribution in [0.4, 0.5) is 0 Å². The number of aromatic nitrogens is 3. The maximum atomic E-state index is 13.3. The lowest BCUT2D eigenvalue weighted by Gasteiger charge is -2.03. The Balaban J connectivity index is 1.59. The molecule has 3 N–H and O–H groups in total. The van der Waals surface area contributed by atoms with Crippen molar-refractivity contribution in [2.75, 3.05) is 6.54 Å². The van der Waals surface area contributed by atoms with Crippen LogP contribution < -0.4 is 10.7 Å². The number of para-hydroxylation sites is 1. The molecule has 0 spiro atoms. The molecule has 0 saturated heterocycles. The molecule has 2 aromatic heterocycles. The number of H-pyrrole nitrogens is 1. The molecule has 4 aromatic rings. The zero-order valence-electron chi connectivity index (χ0n) is 18.4. The van der Waals surface area contributed by atoms with Crippen LogP contribution >= 0.6 is 11.3 Å². The second-order valence-electron chi connectivity index (χ2n) is 7.73. The second kappa shape index (κ2) is 9.42. The lowest BCUT2D eigenvalue weighted by molar-refractivity contribution is 0.598. The summed E-state index contributed by atoms with van der Waals surface area (Å²) in [6, 6.07) is 14.2. The van der Waals surface area contributed by atoms with E-state index in [1.165, 1.54) is 28.2 Å². The Morgan fingerprint density at radius 2 is 1.88 bits per heavy atom. The number of nitrogens with two attached hydrogens (primary N) is 1. The summed E-state index contributed by atoms with van der Waals surface area (Å²) in [5, 5.41) is 8.99. The molecule has 0 saturated carbocycles. The molecule has 0 aliphatic rings. The van der Waals surface area contributed by atoms with Gasteiger partial charge in [-0.1, -0.05) is 48.9 Å². The first-order valence-electron chi connectivity index (χ1n) is 10.6. The number of fused-ring (bicyclic) bond motifs is 1. The van der Waals surface area contributed by atoms with Crippen LogP contribution in [0, 0.1) is 0 Å². The van der Waals surface area contributed by atoms with Gasteiger partial charge in [0.1, 0.15) is 0 Å². The summed E-state index contributed by atoms with van der Waals surface area (Å²) < 4.78 is 25.3. The van der Waals surface area contributed by atoms with Crippen LogP contribution in [-0.2, 0) is 22.9 Å². The Bertz CT molecular complexity index is 1450. The maximum Gasteiger partial charge on any atom is 0.282 e. The first-order chi connectivity index (χ1) is 15.8. The third-order valence-corrected chi connectivity index (χ3v) is 7.25. The van der Waals surface area contributed by atoms with Gasteiger partial charge in [-0.3, -0.25) is 14.9 Å².